The van der Waals surface area contributed by atoms with Crippen molar-refractivity contribution >= 4 is 11.8 Å². The van der Waals surface area contributed by atoms with E-state index in [-0.39, 0.29) is 24.2 Å². The molecule has 140 valence electrons. The molecule has 0 spiro atoms. The first-order valence-corrected chi connectivity index (χ1v) is 9.59. The predicted octanol–water partition coefficient (Wildman–Crippen LogP) is 4.04. The van der Waals surface area contributed by atoms with Gasteiger partial charge in [-0.3, -0.25) is 4.79 Å². The van der Waals surface area contributed by atoms with E-state index in [1.54, 1.807) is 11.8 Å². The van der Waals surface area contributed by atoms with Gasteiger partial charge in [-0.05, 0) is 18.1 Å². The zero-order valence-corrected chi connectivity index (χ0v) is 15.6. The van der Waals surface area contributed by atoms with Crippen molar-refractivity contribution in [2.75, 3.05) is 0 Å². The van der Waals surface area contributed by atoms with Crippen LogP contribution in [0.2, 0.25) is 0 Å². The van der Waals surface area contributed by atoms with Gasteiger partial charge in [0.15, 0.2) is 12.2 Å². The van der Waals surface area contributed by atoms with Crippen LogP contribution < -0.4 is 0 Å². The third kappa shape index (κ3) is 4.45. The van der Waals surface area contributed by atoms with Gasteiger partial charge in [0.05, 0.1) is 12.5 Å². The molecular formula is C21H28N2O3. The number of rotatable bonds is 7. The Morgan fingerprint density at radius 3 is 2.73 bits per heavy atom. The van der Waals surface area contributed by atoms with E-state index >= 15 is 0 Å². The summed E-state index contributed by atoms with van der Waals surface area (Å²) in [7, 11) is 0. The molecule has 1 amide bonds. The molecule has 26 heavy (non-hydrogen) atoms. The van der Waals surface area contributed by atoms with Crippen molar-refractivity contribution < 1.29 is 14.4 Å². The summed E-state index contributed by atoms with van der Waals surface area (Å²) in [5.41, 5.74) is 1.13. The number of ether oxygens (including phenoxy) is 1. The maximum atomic E-state index is 12.0. The maximum Gasteiger partial charge on any atom is 0.230 e. The van der Waals surface area contributed by atoms with Gasteiger partial charge in [0, 0.05) is 13.1 Å². The van der Waals surface area contributed by atoms with Crippen LogP contribution in [0.3, 0.4) is 0 Å². The third-order valence-electron chi connectivity index (χ3n) is 4.96. The van der Waals surface area contributed by atoms with Crippen LogP contribution in [0.25, 0.3) is 0 Å². The van der Waals surface area contributed by atoms with E-state index in [1.807, 2.05) is 42.6 Å². The summed E-state index contributed by atoms with van der Waals surface area (Å²) < 4.78 is 6.08. The molecule has 5 heteroatoms. The Labute approximate surface area is 155 Å². The Balaban J connectivity index is 1.68. The number of benzene rings is 1. The van der Waals surface area contributed by atoms with E-state index in [0.717, 1.165) is 18.4 Å². The summed E-state index contributed by atoms with van der Waals surface area (Å²) in [6, 6.07) is 10.1. The van der Waals surface area contributed by atoms with Crippen molar-refractivity contribution in [3.8, 4) is 0 Å². The summed E-state index contributed by atoms with van der Waals surface area (Å²) in [6.45, 7) is 3.79. The minimum Gasteiger partial charge on any atom is -0.467 e. The normalized spacial score (nSPS) is 24.3. The molecule has 1 aromatic carbocycles. The van der Waals surface area contributed by atoms with E-state index in [0.29, 0.717) is 12.3 Å². The summed E-state index contributed by atoms with van der Waals surface area (Å²) in [5, 5.41) is 4.22. The Hall–Kier alpha value is -2.30. The minimum atomic E-state index is -0.245. The molecule has 0 aromatic heterocycles. The van der Waals surface area contributed by atoms with Crippen molar-refractivity contribution in [3.63, 3.8) is 0 Å². The van der Waals surface area contributed by atoms with Gasteiger partial charge in [-0.25, -0.2) is 0 Å². The molecule has 0 saturated carbocycles. The zero-order valence-electron chi connectivity index (χ0n) is 15.6. The Morgan fingerprint density at radius 1 is 1.19 bits per heavy atom. The smallest absolute Gasteiger partial charge is 0.230 e. The lowest BCUT2D eigenvalue weighted by atomic mass is 9.94. The quantitative estimate of drug-likeness (QED) is 0.693. The monoisotopic (exact) mass is 356 g/mol. The molecule has 5 nitrogen and oxygen atoms in total. The highest BCUT2D eigenvalue weighted by molar-refractivity contribution is 5.79. The fraction of sp³-hybridized carbons (Fsp3) is 0.524. The van der Waals surface area contributed by atoms with Crippen LogP contribution >= 0.6 is 0 Å². The van der Waals surface area contributed by atoms with Gasteiger partial charge in [-0.1, -0.05) is 68.1 Å². The van der Waals surface area contributed by atoms with Crippen molar-refractivity contribution in [2.24, 2.45) is 5.16 Å². The van der Waals surface area contributed by atoms with Crippen LogP contribution in [0, 0.1) is 0 Å². The van der Waals surface area contributed by atoms with Gasteiger partial charge in [0.25, 0.3) is 0 Å². The average molecular weight is 356 g/mol. The Morgan fingerprint density at radius 2 is 2.00 bits per heavy atom. The molecule has 0 unspecified atom stereocenters. The number of hydrogen-bond acceptors (Lipinski definition) is 4. The van der Waals surface area contributed by atoms with Gasteiger partial charge < -0.3 is 14.5 Å². The highest BCUT2D eigenvalue weighted by Crippen LogP contribution is 2.29. The van der Waals surface area contributed by atoms with E-state index < -0.39 is 0 Å². The first-order chi connectivity index (χ1) is 12.7. The summed E-state index contributed by atoms with van der Waals surface area (Å²) >= 11 is 0. The average Bonchev–Trinajstić information content (AvgIpc) is 2.65. The fourth-order valence-corrected chi connectivity index (χ4v) is 3.58. The molecular weight excluding hydrogens is 328 g/mol. The standard InChI is InChI=1S/C21H28N2O3/c1-3-4-5-9-12-18-21-19(13-14-23(18)16(2)24)25-20(22-26-21)15-17-10-7-6-8-11-17/h6-8,10-11,13-14,18-19,21H,3-5,9,12,15H2,1-2H3/t18-,19+,21-/m0/s1. The minimum absolute atomic E-state index is 0.0265. The van der Waals surface area contributed by atoms with Crippen LogP contribution in [0.4, 0.5) is 0 Å². The molecule has 2 aliphatic rings. The fourth-order valence-electron chi connectivity index (χ4n) is 3.58. The van der Waals surface area contributed by atoms with E-state index in [2.05, 4.69) is 12.1 Å². The molecule has 2 aliphatic heterocycles. The van der Waals surface area contributed by atoms with Gasteiger partial charge >= 0.3 is 0 Å². The van der Waals surface area contributed by atoms with Gasteiger partial charge in [0.2, 0.25) is 11.8 Å². The van der Waals surface area contributed by atoms with Crippen LogP contribution in [0.1, 0.15) is 51.5 Å². The summed E-state index contributed by atoms with van der Waals surface area (Å²) in [5.74, 6) is 0.617. The summed E-state index contributed by atoms with van der Waals surface area (Å²) in [4.78, 5) is 19.6. The molecule has 2 heterocycles. The van der Waals surface area contributed by atoms with E-state index in [4.69, 9.17) is 9.57 Å². The lowest BCUT2D eigenvalue weighted by Gasteiger charge is -2.41. The summed E-state index contributed by atoms with van der Waals surface area (Å²) in [6.07, 6.45) is 9.48. The maximum absolute atomic E-state index is 12.0. The molecule has 0 bridgehead atoms. The number of hydrogen-bond donors (Lipinski definition) is 0. The molecule has 0 radical (unpaired) electrons. The van der Waals surface area contributed by atoms with Crippen LogP contribution in [-0.4, -0.2) is 35.0 Å². The SMILES string of the molecule is CCCCCC[C@H]1[C@@H]2ON=C(Cc3ccccc3)O[C@@H]2C=CN1C(C)=O. The van der Waals surface area contributed by atoms with E-state index in [1.165, 1.54) is 19.3 Å². The van der Waals surface area contributed by atoms with Crippen LogP contribution in [0.5, 0.6) is 0 Å². The molecule has 1 aromatic rings. The molecule has 0 fully saturated rings. The number of carbonyl (C=O) groups excluding carboxylic acids is 1. The molecule has 0 N–H and O–H groups in total. The Kier molecular flexibility index (Phi) is 6.31. The number of fused-ring (bicyclic) bond motifs is 1. The van der Waals surface area contributed by atoms with E-state index in [9.17, 15) is 4.79 Å². The lowest BCUT2D eigenvalue weighted by molar-refractivity contribution is -0.138. The number of amides is 1. The second-order valence-corrected chi connectivity index (χ2v) is 6.98. The van der Waals surface area contributed by atoms with Crippen molar-refractivity contribution in [1.29, 1.82) is 0 Å². The van der Waals surface area contributed by atoms with Crippen molar-refractivity contribution in [3.05, 3.63) is 48.2 Å². The lowest BCUT2D eigenvalue weighted by Crippen LogP contribution is -2.54. The van der Waals surface area contributed by atoms with Gasteiger partial charge in [0.1, 0.15) is 0 Å². The number of nitrogens with zero attached hydrogens (tertiary/aromatic N) is 2. The number of oxime groups is 1. The molecule has 0 saturated heterocycles. The largest absolute Gasteiger partial charge is 0.467 e. The zero-order chi connectivity index (χ0) is 18.4. The highest BCUT2D eigenvalue weighted by Gasteiger charge is 2.42. The second-order valence-electron chi connectivity index (χ2n) is 6.98. The first kappa shape index (κ1) is 18.5. The van der Waals surface area contributed by atoms with Crippen molar-refractivity contribution in [2.45, 2.75) is 70.6 Å². The third-order valence-corrected chi connectivity index (χ3v) is 4.96. The Bertz CT molecular complexity index is 656. The van der Waals surface area contributed by atoms with Crippen LogP contribution in [0.15, 0.2) is 47.8 Å². The topological polar surface area (TPSA) is 51.1 Å². The van der Waals surface area contributed by atoms with Crippen LogP contribution in [-0.2, 0) is 20.8 Å². The molecule has 3 atom stereocenters. The highest BCUT2D eigenvalue weighted by atomic mass is 16.7. The van der Waals surface area contributed by atoms with Crippen molar-refractivity contribution in [1.82, 2.24) is 4.90 Å². The molecule has 0 aliphatic carbocycles. The molecule has 3 rings (SSSR count). The second kappa shape index (κ2) is 8.88. The number of unbranched alkanes of at least 4 members (excludes halogenated alkanes) is 3. The van der Waals surface area contributed by atoms with Gasteiger partial charge in [-0.15, -0.1) is 0 Å². The predicted molar refractivity (Wildman–Crippen MR) is 102 cm³/mol. The number of carbonyl (C=O) groups is 1. The van der Waals surface area contributed by atoms with Gasteiger partial charge in [-0.2, -0.15) is 0 Å². The first-order valence-electron chi connectivity index (χ1n) is 9.59.